The zero-order valence-corrected chi connectivity index (χ0v) is 13.3. The van der Waals surface area contributed by atoms with Gasteiger partial charge in [0.2, 0.25) is 0 Å². The molecule has 0 spiro atoms. The minimum atomic E-state index is -3.73. The Morgan fingerprint density at radius 1 is 1.16 bits per heavy atom. The summed E-state index contributed by atoms with van der Waals surface area (Å²) < 4.78 is 155. The predicted molar refractivity (Wildman–Crippen MR) is 99.8 cm³/mol. The molecule has 0 aromatic heterocycles. The highest BCUT2D eigenvalue weighted by Crippen LogP contribution is 2.28. The van der Waals surface area contributed by atoms with E-state index in [-0.39, 0.29) is 5.56 Å². The zero-order chi connectivity index (χ0) is 33.7. The second-order valence-corrected chi connectivity index (χ2v) is 4.75. The third-order valence-electron chi connectivity index (χ3n) is 2.87. The van der Waals surface area contributed by atoms with E-state index in [1.807, 2.05) is 0 Å². The van der Waals surface area contributed by atoms with Gasteiger partial charge in [0.1, 0.15) is 12.3 Å². The van der Waals surface area contributed by atoms with Gasteiger partial charge in [0.15, 0.2) is 11.5 Å². The number of methoxy groups -OCH3 is 2. The number of hydrogen-bond acceptors (Lipinski definition) is 4. The summed E-state index contributed by atoms with van der Waals surface area (Å²) in [7, 11) is -6.43. The van der Waals surface area contributed by atoms with Crippen molar-refractivity contribution in [3.8, 4) is 17.2 Å². The standard InChI is InChI=1S/C21H28O4/c1-16-7-6-10-19(13-16)25-15-18(22)9-5-4-8-17-11-12-20(23-2)21(14-17)24-3/h6-7,10-14,18,22H,4-5,8-9,15H2,1-3H3/i2D3,3D3,6D,7D,9D2,10D,11D,12D,13D,14D,15D2,18D. The Kier molecular flexibility index (Phi) is 2.47. The van der Waals surface area contributed by atoms with Crippen molar-refractivity contribution in [2.75, 3.05) is 20.6 Å². The first-order valence-electron chi connectivity index (χ1n) is 16.2. The number of hydrogen-bond donors (Lipinski definition) is 1. The van der Waals surface area contributed by atoms with Crippen molar-refractivity contribution >= 4 is 0 Å². The molecule has 2 aromatic carbocycles. The first kappa shape index (κ1) is 6.20. The Morgan fingerprint density at radius 2 is 2.00 bits per heavy atom. The smallest absolute Gasteiger partial charge is 0.160 e. The van der Waals surface area contributed by atoms with Crippen LogP contribution in [-0.2, 0) is 6.42 Å². The maximum Gasteiger partial charge on any atom is 0.160 e. The van der Waals surface area contributed by atoms with Crippen LogP contribution < -0.4 is 14.2 Å². The van der Waals surface area contributed by atoms with Gasteiger partial charge in [-0.05, 0) is 61.4 Å². The molecule has 0 amide bonds. The van der Waals surface area contributed by atoms with Crippen molar-refractivity contribution < 1.29 is 44.0 Å². The van der Waals surface area contributed by atoms with Crippen LogP contribution in [0, 0.1) is 6.92 Å². The van der Waals surface area contributed by atoms with Crippen molar-refractivity contribution in [3.05, 3.63) is 53.4 Å². The van der Waals surface area contributed by atoms with Gasteiger partial charge in [0, 0.05) is 2.74 Å². The largest absolute Gasteiger partial charge is 0.493 e. The Balaban J connectivity index is 2.41. The molecule has 0 saturated heterocycles. The van der Waals surface area contributed by atoms with Crippen LogP contribution in [0.4, 0.5) is 0 Å². The monoisotopic (exact) mass is 362 g/mol. The van der Waals surface area contributed by atoms with Gasteiger partial charge in [-0.15, -0.1) is 0 Å². The van der Waals surface area contributed by atoms with Crippen molar-refractivity contribution in [3.63, 3.8) is 0 Å². The molecule has 0 bridgehead atoms. The van der Waals surface area contributed by atoms with Crippen molar-refractivity contribution in [2.45, 2.75) is 38.6 Å². The maximum atomic E-state index is 10.7. The Morgan fingerprint density at radius 3 is 2.84 bits per heavy atom. The fraction of sp³-hybridized carbons (Fsp3) is 0.429. The molecule has 0 aliphatic rings. The lowest BCUT2D eigenvalue weighted by Gasteiger charge is -2.13. The normalized spacial score (nSPS) is 25.7. The third kappa shape index (κ3) is 6.31. The van der Waals surface area contributed by atoms with Crippen molar-refractivity contribution in [1.29, 1.82) is 0 Å². The molecule has 1 N–H and O–H groups in total. The summed E-state index contributed by atoms with van der Waals surface area (Å²) in [5.74, 6) is -2.87. The molecule has 0 radical (unpaired) electrons. The van der Waals surface area contributed by atoms with Gasteiger partial charge in [-0.1, -0.05) is 24.5 Å². The van der Waals surface area contributed by atoms with Crippen molar-refractivity contribution in [2.24, 2.45) is 0 Å². The Bertz CT molecular complexity index is 1340. The summed E-state index contributed by atoms with van der Waals surface area (Å²) in [5, 5.41) is 10.7. The topological polar surface area (TPSA) is 47.9 Å². The molecule has 1 unspecified atom stereocenters. The lowest BCUT2D eigenvalue weighted by atomic mass is 10.0. The van der Waals surface area contributed by atoms with E-state index in [1.165, 1.54) is 6.92 Å². The lowest BCUT2D eigenvalue weighted by Crippen LogP contribution is -2.17. The highest BCUT2D eigenvalue weighted by molar-refractivity contribution is 5.42. The van der Waals surface area contributed by atoms with Gasteiger partial charge in [0.25, 0.3) is 0 Å². The van der Waals surface area contributed by atoms with E-state index in [0.717, 1.165) is 0 Å². The zero-order valence-electron chi connectivity index (χ0n) is 31.3. The first-order valence-corrected chi connectivity index (χ1v) is 7.16. The van der Waals surface area contributed by atoms with Gasteiger partial charge < -0.3 is 19.3 Å². The minimum Gasteiger partial charge on any atom is -0.493 e. The second kappa shape index (κ2) is 9.94. The minimum absolute atomic E-state index is 0.161. The van der Waals surface area contributed by atoms with E-state index in [1.54, 1.807) is 0 Å². The van der Waals surface area contributed by atoms with Crippen LogP contribution in [0.15, 0.2) is 42.3 Å². The summed E-state index contributed by atoms with van der Waals surface area (Å²) >= 11 is 0. The molecule has 4 nitrogen and oxygen atoms in total. The molecule has 2 rings (SSSR count). The van der Waals surface area contributed by atoms with E-state index >= 15 is 0 Å². The summed E-state index contributed by atoms with van der Waals surface area (Å²) in [4.78, 5) is 0. The maximum absolute atomic E-state index is 10.7. The quantitative estimate of drug-likeness (QED) is 0.689. The summed E-state index contributed by atoms with van der Waals surface area (Å²) in [6, 6.07) is -5.34. The lowest BCUT2D eigenvalue weighted by molar-refractivity contribution is 0.0976. The fourth-order valence-electron chi connectivity index (χ4n) is 1.76. The SMILES string of the molecule is [2H]c1c([2H])c(C)c([2H])c(OC([2H])([2H])C([2H])(O)C([2H])([2H])CCCc2c([2H])c([2H])c(OC([2H])([2H])[2H])c(OC([2H])([2H])[2H])c2[2H])c1[2H]. The van der Waals surface area contributed by atoms with Crippen LogP contribution >= 0.6 is 0 Å². The number of aliphatic hydroxyl groups is 1. The molecule has 1 atom stereocenters. The molecule has 0 saturated carbocycles. The van der Waals surface area contributed by atoms with E-state index in [9.17, 15) is 5.11 Å². The van der Waals surface area contributed by atoms with Crippen LogP contribution in [0.1, 0.15) is 55.0 Å². The molecule has 136 valence electrons. The van der Waals surface area contributed by atoms with Gasteiger partial charge in [-0.2, -0.15) is 0 Å². The Labute approximate surface area is 175 Å². The predicted octanol–water partition coefficient (Wildman–Crippen LogP) is 4.16. The number of ether oxygens (including phenoxy) is 3. The summed E-state index contributed by atoms with van der Waals surface area (Å²) in [6.45, 7) is -2.40. The van der Waals surface area contributed by atoms with Gasteiger partial charge in [-0.25, -0.2) is 0 Å². The second-order valence-electron chi connectivity index (χ2n) is 4.75. The molecule has 0 aliphatic carbocycles. The number of rotatable bonds is 10. The highest BCUT2D eigenvalue weighted by atomic mass is 16.5. The summed E-state index contributed by atoms with van der Waals surface area (Å²) in [5.41, 5.74) is -0.552. The summed E-state index contributed by atoms with van der Waals surface area (Å²) in [6.07, 6.45) is -8.65. The van der Waals surface area contributed by atoms with Crippen LogP contribution in [0.2, 0.25) is 0 Å². The average molecular weight is 363 g/mol. The molecule has 0 aliphatic heterocycles. The molecule has 4 heteroatoms. The van der Waals surface area contributed by atoms with E-state index in [4.69, 9.17) is 34.1 Å². The molecular formula is C21H28O4. The molecule has 2 aromatic rings. The molecule has 0 fully saturated rings. The Hall–Kier alpha value is -2.20. The molecule has 25 heavy (non-hydrogen) atoms. The van der Waals surface area contributed by atoms with Crippen LogP contribution in [-0.4, -0.2) is 31.8 Å². The van der Waals surface area contributed by atoms with Gasteiger partial charge >= 0.3 is 0 Å². The highest BCUT2D eigenvalue weighted by Gasteiger charge is 2.07. The van der Waals surface area contributed by atoms with E-state index in [2.05, 4.69) is 4.74 Å². The first-order chi connectivity index (χ1) is 19.2. The molecule has 0 heterocycles. The van der Waals surface area contributed by atoms with E-state index < -0.39 is 117 Å². The van der Waals surface area contributed by atoms with Crippen LogP contribution in [0.3, 0.4) is 0 Å². The van der Waals surface area contributed by atoms with Crippen LogP contribution in [0.5, 0.6) is 17.2 Å². The fourth-order valence-corrected chi connectivity index (χ4v) is 1.76. The van der Waals surface area contributed by atoms with E-state index in [0.29, 0.717) is 0 Å². The molecular weight excluding hydrogens is 316 g/mol. The third-order valence-corrected chi connectivity index (χ3v) is 2.87. The van der Waals surface area contributed by atoms with Gasteiger partial charge in [-0.3, -0.25) is 0 Å². The van der Waals surface area contributed by atoms with Crippen LogP contribution in [0.25, 0.3) is 0 Å². The average Bonchev–Trinajstić information content (AvgIpc) is 2.85. The van der Waals surface area contributed by atoms with Crippen molar-refractivity contribution in [1.82, 2.24) is 0 Å². The van der Waals surface area contributed by atoms with Gasteiger partial charge in [0.05, 0.1) is 42.1 Å². The number of benzene rings is 2.